The summed E-state index contributed by atoms with van der Waals surface area (Å²) in [5.41, 5.74) is 0.584. The minimum Gasteiger partial charge on any atom is -0.323 e. The Hall–Kier alpha value is -2.02. The lowest BCUT2D eigenvalue weighted by Crippen LogP contribution is -2.31. The number of halogens is 1. The number of aromatic nitrogens is 5. The lowest BCUT2D eigenvalue weighted by atomic mass is 9.98. The molecule has 0 saturated carbocycles. The molecule has 0 aliphatic carbocycles. The van der Waals surface area contributed by atoms with Crippen molar-refractivity contribution >= 4 is 23.2 Å². The van der Waals surface area contributed by atoms with E-state index in [1.165, 1.54) is 17.2 Å². The molecule has 0 radical (unpaired) electrons. The predicted molar refractivity (Wildman–Crippen MR) is 74.2 cm³/mol. The topological polar surface area (TPSA) is 85.6 Å². The van der Waals surface area contributed by atoms with Gasteiger partial charge >= 0.3 is 0 Å². The second kappa shape index (κ2) is 6.42. The van der Waals surface area contributed by atoms with Gasteiger partial charge in [-0.15, -0.1) is 5.10 Å². The molecule has 8 heteroatoms. The highest BCUT2D eigenvalue weighted by atomic mass is 35.5. The van der Waals surface area contributed by atoms with Crippen LogP contribution in [0.4, 0.5) is 5.69 Å². The predicted octanol–water partition coefficient (Wildman–Crippen LogP) is 1.95. The van der Waals surface area contributed by atoms with Crippen molar-refractivity contribution in [1.82, 2.24) is 25.2 Å². The van der Waals surface area contributed by atoms with E-state index >= 15 is 0 Å². The highest BCUT2D eigenvalue weighted by Gasteiger charge is 2.27. The minimum absolute atomic E-state index is 0.0961. The van der Waals surface area contributed by atoms with Gasteiger partial charge in [0.05, 0.1) is 11.9 Å². The Bertz CT molecular complexity index is 556. The number of pyridine rings is 1. The quantitative estimate of drug-likeness (QED) is 0.852. The van der Waals surface area contributed by atoms with Crippen LogP contribution in [0.3, 0.4) is 0 Å². The van der Waals surface area contributed by atoms with Crippen molar-refractivity contribution in [3.63, 3.8) is 0 Å². The zero-order valence-electron chi connectivity index (χ0n) is 11.2. The van der Waals surface area contributed by atoms with E-state index < -0.39 is 6.04 Å². The van der Waals surface area contributed by atoms with Crippen LogP contribution in [0, 0.1) is 5.92 Å². The third kappa shape index (κ3) is 3.30. The molecule has 0 spiro atoms. The Morgan fingerprint density at radius 1 is 1.50 bits per heavy atom. The van der Waals surface area contributed by atoms with Gasteiger partial charge in [0, 0.05) is 0 Å². The molecule has 2 atom stereocenters. The van der Waals surface area contributed by atoms with Gasteiger partial charge in [0.1, 0.15) is 17.5 Å². The molecule has 2 heterocycles. The summed E-state index contributed by atoms with van der Waals surface area (Å²) in [6.07, 6.45) is 3.78. The average Bonchev–Trinajstić information content (AvgIpc) is 2.95. The summed E-state index contributed by atoms with van der Waals surface area (Å²) in [5, 5.41) is 14.2. The van der Waals surface area contributed by atoms with Gasteiger partial charge in [-0.3, -0.25) is 4.79 Å². The summed E-state index contributed by atoms with van der Waals surface area (Å²) in [7, 11) is 0. The summed E-state index contributed by atoms with van der Waals surface area (Å²) >= 11 is 5.71. The second-order valence-corrected chi connectivity index (χ2v) is 4.87. The smallest absolute Gasteiger partial charge is 0.249 e. The number of carbonyl (C=O) groups is 1. The van der Waals surface area contributed by atoms with Crippen LogP contribution in [0.2, 0.25) is 5.15 Å². The molecule has 0 saturated heterocycles. The summed E-state index contributed by atoms with van der Waals surface area (Å²) in [6.45, 7) is 3.99. The van der Waals surface area contributed by atoms with Gasteiger partial charge < -0.3 is 5.32 Å². The third-order valence-electron chi connectivity index (χ3n) is 3.10. The van der Waals surface area contributed by atoms with Crippen molar-refractivity contribution < 1.29 is 4.79 Å². The summed E-state index contributed by atoms with van der Waals surface area (Å²) in [5.74, 6) is -0.0884. The molecule has 2 aromatic rings. The van der Waals surface area contributed by atoms with Gasteiger partial charge in [-0.25, -0.2) is 9.67 Å². The van der Waals surface area contributed by atoms with Crippen LogP contribution < -0.4 is 5.32 Å². The van der Waals surface area contributed by atoms with Gasteiger partial charge in [-0.1, -0.05) is 31.9 Å². The molecule has 2 unspecified atom stereocenters. The first-order valence-corrected chi connectivity index (χ1v) is 6.64. The zero-order chi connectivity index (χ0) is 14.5. The first-order chi connectivity index (χ1) is 9.61. The fourth-order valence-corrected chi connectivity index (χ4v) is 1.94. The monoisotopic (exact) mass is 294 g/mol. The summed E-state index contributed by atoms with van der Waals surface area (Å²) in [6, 6.07) is 2.85. The normalized spacial score (nSPS) is 13.8. The molecular formula is C12H15ClN6O. The number of nitrogens with zero attached hydrogens (tertiary/aromatic N) is 5. The van der Waals surface area contributed by atoms with Crippen LogP contribution in [0.25, 0.3) is 0 Å². The Morgan fingerprint density at radius 3 is 2.85 bits per heavy atom. The minimum atomic E-state index is -0.467. The molecule has 0 aliphatic heterocycles. The highest BCUT2D eigenvalue weighted by Crippen LogP contribution is 2.22. The number of carbonyl (C=O) groups excluding carboxylic acids is 1. The van der Waals surface area contributed by atoms with Crippen LogP contribution >= 0.6 is 11.6 Å². The molecule has 7 nitrogen and oxygen atoms in total. The average molecular weight is 295 g/mol. The molecule has 0 bridgehead atoms. The lowest BCUT2D eigenvalue weighted by molar-refractivity contribution is -0.121. The molecular weight excluding hydrogens is 280 g/mol. The standard InChI is InChI=1S/C12H15ClN6O/c1-3-8(2)11(19-7-15-17-18-19)12(20)16-9-4-5-10(13)14-6-9/h4-8,11H,3H2,1-2H3,(H,16,20). The van der Waals surface area contributed by atoms with Crippen molar-refractivity contribution in [3.05, 3.63) is 29.8 Å². The number of tetrazole rings is 1. The first kappa shape index (κ1) is 14.4. The largest absolute Gasteiger partial charge is 0.323 e. The Balaban J connectivity index is 2.17. The van der Waals surface area contributed by atoms with Gasteiger partial charge in [-0.2, -0.15) is 0 Å². The molecule has 1 N–H and O–H groups in total. The van der Waals surface area contributed by atoms with E-state index in [0.717, 1.165) is 6.42 Å². The van der Waals surface area contributed by atoms with E-state index in [-0.39, 0.29) is 11.8 Å². The molecule has 2 aromatic heterocycles. The Kier molecular flexibility index (Phi) is 4.62. The molecule has 2 rings (SSSR count). The number of amides is 1. The van der Waals surface area contributed by atoms with Gasteiger partial charge in [0.2, 0.25) is 5.91 Å². The highest BCUT2D eigenvalue weighted by molar-refractivity contribution is 6.29. The SMILES string of the molecule is CCC(C)C(C(=O)Nc1ccc(Cl)nc1)n1cnnn1. The Morgan fingerprint density at radius 2 is 2.30 bits per heavy atom. The molecule has 0 aromatic carbocycles. The van der Waals surface area contributed by atoms with Crippen molar-refractivity contribution in [2.75, 3.05) is 5.32 Å². The van der Waals surface area contributed by atoms with E-state index in [9.17, 15) is 4.79 Å². The maximum absolute atomic E-state index is 12.4. The van der Waals surface area contributed by atoms with Crippen molar-refractivity contribution in [2.24, 2.45) is 5.92 Å². The zero-order valence-corrected chi connectivity index (χ0v) is 11.9. The lowest BCUT2D eigenvalue weighted by Gasteiger charge is -2.21. The van der Waals surface area contributed by atoms with Gasteiger partial charge in [0.25, 0.3) is 0 Å². The van der Waals surface area contributed by atoms with Crippen molar-refractivity contribution in [1.29, 1.82) is 0 Å². The number of rotatable bonds is 5. The molecule has 1 amide bonds. The number of anilines is 1. The Labute approximate surface area is 121 Å². The van der Waals surface area contributed by atoms with E-state index in [2.05, 4.69) is 25.8 Å². The number of nitrogens with one attached hydrogen (secondary N) is 1. The maximum Gasteiger partial charge on any atom is 0.249 e. The molecule has 106 valence electrons. The second-order valence-electron chi connectivity index (χ2n) is 4.48. The van der Waals surface area contributed by atoms with E-state index in [1.54, 1.807) is 12.1 Å². The number of hydrogen-bond acceptors (Lipinski definition) is 5. The first-order valence-electron chi connectivity index (χ1n) is 6.26. The third-order valence-corrected chi connectivity index (χ3v) is 3.32. The van der Waals surface area contributed by atoms with Crippen LogP contribution in [-0.4, -0.2) is 31.1 Å². The molecule has 0 aliphatic rings. The van der Waals surface area contributed by atoms with Gasteiger partial charge in [-0.05, 0) is 28.5 Å². The van der Waals surface area contributed by atoms with Crippen LogP contribution in [-0.2, 0) is 4.79 Å². The van der Waals surface area contributed by atoms with Crippen LogP contribution in [0.5, 0.6) is 0 Å². The van der Waals surface area contributed by atoms with Gasteiger partial charge in [0.15, 0.2) is 0 Å². The molecule has 0 fully saturated rings. The molecule has 20 heavy (non-hydrogen) atoms. The number of hydrogen-bond donors (Lipinski definition) is 1. The fraction of sp³-hybridized carbons (Fsp3) is 0.417. The van der Waals surface area contributed by atoms with Crippen LogP contribution in [0.15, 0.2) is 24.7 Å². The van der Waals surface area contributed by atoms with E-state index in [1.807, 2.05) is 13.8 Å². The maximum atomic E-state index is 12.4. The summed E-state index contributed by atoms with van der Waals surface area (Å²) < 4.78 is 1.47. The van der Waals surface area contributed by atoms with Crippen molar-refractivity contribution in [2.45, 2.75) is 26.3 Å². The van der Waals surface area contributed by atoms with Crippen LogP contribution in [0.1, 0.15) is 26.3 Å². The van der Waals surface area contributed by atoms with Crippen molar-refractivity contribution in [3.8, 4) is 0 Å². The summed E-state index contributed by atoms with van der Waals surface area (Å²) in [4.78, 5) is 16.3. The fourth-order valence-electron chi connectivity index (χ4n) is 1.82. The van der Waals surface area contributed by atoms with E-state index in [0.29, 0.717) is 10.8 Å². The van der Waals surface area contributed by atoms with E-state index in [4.69, 9.17) is 11.6 Å².